The molecule has 1 aromatic rings. The van der Waals surface area contributed by atoms with Gasteiger partial charge in [0.15, 0.2) is 0 Å². The Labute approximate surface area is 94.9 Å². The van der Waals surface area contributed by atoms with E-state index in [0.29, 0.717) is 6.54 Å². The molecule has 0 spiro atoms. The van der Waals surface area contributed by atoms with Gasteiger partial charge in [0.2, 0.25) is 5.91 Å². The Morgan fingerprint density at radius 1 is 1.40 bits per heavy atom. The van der Waals surface area contributed by atoms with Crippen LogP contribution in [0.3, 0.4) is 0 Å². The largest absolute Gasteiger partial charge is 0.314 e. The van der Waals surface area contributed by atoms with Gasteiger partial charge in [-0.05, 0) is 37.6 Å². The number of hydrogen-bond donors (Lipinski definition) is 1. The number of likely N-dealkylation sites (N-methyl/N-ethyl adjacent to an activating group) is 2. The summed E-state index contributed by atoms with van der Waals surface area (Å²) in [6.07, 6.45) is 2.03. The van der Waals surface area contributed by atoms with Gasteiger partial charge < -0.3 is 10.2 Å². The molecule has 1 aromatic carbocycles. The molecule has 0 atom stereocenters. The van der Waals surface area contributed by atoms with Crippen LogP contribution in [0.5, 0.6) is 0 Å². The summed E-state index contributed by atoms with van der Waals surface area (Å²) in [6.45, 7) is 0.362. The van der Waals surface area contributed by atoms with Crippen LogP contribution in [0.15, 0.2) is 29.2 Å². The Hall–Kier alpha value is -1.00. The third kappa shape index (κ3) is 3.25. The smallest absolute Gasteiger partial charge is 0.240 e. The topological polar surface area (TPSA) is 32.3 Å². The van der Waals surface area contributed by atoms with Crippen LogP contribution in [0.2, 0.25) is 0 Å². The van der Waals surface area contributed by atoms with Gasteiger partial charge >= 0.3 is 0 Å². The lowest BCUT2D eigenvalue weighted by atomic mass is 10.3. The number of carbonyl (C=O) groups is 1. The highest BCUT2D eigenvalue weighted by Gasteiger charge is 2.08. The third-order valence-electron chi connectivity index (χ3n) is 2.16. The molecule has 0 saturated carbocycles. The van der Waals surface area contributed by atoms with Crippen LogP contribution in [0, 0.1) is 0 Å². The zero-order valence-electron chi connectivity index (χ0n) is 9.28. The first-order valence-corrected chi connectivity index (χ1v) is 5.96. The lowest BCUT2D eigenvalue weighted by molar-refractivity contribution is -0.117. The molecule has 0 aliphatic rings. The summed E-state index contributed by atoms with van der Waals surface area (Å²) in [5.74, 6) is 0.0643. The van der Waals surface area contributed by atoms with Crippen molar-refractivity contribution in [2.75, 3.05) is 31.8 Å². The molecule has 0 bridgehead atoms. The lowest BCUT2D eigenvalue weighted by Crippen LogP contribution is -2.33. The maximum atomic E-state index is 11.6. The number of hydrogen-bond acceptors (Lipinski definition) is 3. The number of nitrogens with one attached hydrogen (secondary N) is 1. The summed E-state index contributed by atoms with van der Waals surface area (Å²) in [5.41, 5.74) is 0.924. The Kier molecular flexibility index (Phi) is 4.65. The van der Waals surface area contributed by atoms with Gasteiger partial charge in [-0.2, -0.15) is 0 Å². The van der Waals surface area contributed by atoms with Crippen molar-refractivity contribution in [3.8, 4) is 0 Å². The SMILES string of the molecule is CNCC(=O)N(C)c1ccc(SC)cc1. The van der Waals surface area contributed by atoms with Gasteiger partial charge in [-0.3, -0.25) is 4.79 Å². The summed E-state index contributed by atoms with van der Waals surface area (Å²) in [4.78, 5) is 14.4. The fourth-order valence-electron chi connectivity index (χ4n) is 1.22. The van der Waals surface area contributed by atoms with Crippen LogP contribution >= 0.6 is 11.8 Å². The molecule has 1 amide bonds. The summed E-state index contributed by atoms with van der Waals surface area (Å²) >= 11 is 1.69. The van der Waals surface area contributed by atoms with Crippen LogP contribution in [0.1, 0.15) is 0 Å². The maximum Gasteiger partial charge on any atom is 0.240 e. The van der Waals surface area contributed by atoms with Crippen molar-refractivity contribution in [3.63, 3.8) is 0 Å². The van der Waals surface area contributed by atoms with Crippen molar-refractivity contribution >= 4 is 23.4 Å². The van der Waals surface area contributed by atoms with Gasteiger partial charge in [0.25, 0.3) is 0 Å². The van der Waals surface area contributed by atoms with Crippen LogP contribution in [-0.4, -0.2) is 32.8 Å². The number of carbonyl (C=O) groups excluding carboxylic acids is 1. The first-order valence-electron chi connectivity index (χ1n) is 4.74. The zero-order valence-corrected chi connectivity index (χ0v) is 10.1. The van der Waals surface area contributed by atoms with Crippen LogP contribution in [-0.2, 0) is 4.79 Å². The van der Waals surface area contributed by atoms with E-state index in [4.69, 9.17) is 0 Å². The van der Waals surface area contributed by atoms with E-state index in [1.807, 2.05) is 30.5 Å². The van der Waals surface area contributed by atoms with Crippen LogP contribution < -0.4 is 10.2 Å². The molecule has 1 rings (SSSR count). The maximum absolute atomic E-state index is 11.6. The fourth-order valence-corrected chi connectivity index (χ4v) is 1.63. The van der Waals surface area contributed by atoms with E-state index in [1.165, 1.54) is 4.90 Å². The van der Waals surface area contributed by atoms with Crippen molar-refractivity contribution in [1.82, 2.24) is 5.32 Å². The van der Waals surface area contributed by atoms with E-state index in [1.54, 1.807) is 30.8 Å². The second-order valence-electron chi connectivity index (χ2n) is 3.18. The molecule has 0 aliphatic heterocycles. The monoisotopic (exact) mass is 224 g/mol. The predicted octanol–water partition coefficient (Wildman–Crippen LogP) is 1.59. The molecule has 3 nitrogen and oxygen atoms in total. The van der Waals surface area contributed by atoms with E-state index in [0.717, 1.165) is 5.69 Å². The summed E-state index contributed by atoms with van der Waals surface area (Å²) in [5, 5.41) is 2.85. The molecular formula is C11H16N2OS. The lowest BCUT2D eigenvalue weighted by Gasteiger charge is -2.17. The number of benzene rings is 1. The molecule has 1 N–H and O–H groups in total. The highest BCUT2D eigenvalue weighted by Crippen LogP contribution is 2.19. The van der Waals surface area contributed by atoms with Crippen molar-refractivity contribution in [2.24, 2.45) is 0 Å². The average Bonchev–Trinajstić information content (AvgIpc) is 2.28. The fraction of sp³-hybridized carbons (Fsp3) is 0.364. The van der Waals surface area contributed by atoms with Gasteiger partial charge in [-0.15, -0.1) is 11.8 Å². The molecule has 0 aromatic heterocycles. The molecule has 0 fully saturated rings. The van der Waals surface area contributed by atoms with Crippen molar-refractivity contribution in [3.05, 3.63) is 24.3 Å². The molecule has 4 heteroatoms. The van der Waals surface area contributed by atoms with E-state index >= 15 is 0 Å². The first-order chi connectivity index (χ1) is 7.19. The summed E-state index contributed by atoms with van der Waals surface area (Å²) < 4.78 is 0. The molecule has 82 valence electrons. The van der Waals surface area contributed by atoms with E-state index < -0.39 is 0 Å². The first kappa shape index (κ1) is 12.1. The third-order valence-corrected chi connectivity index (χ3v) is 2.91. The minimum atomic E-state index is 0.0643. The Bertz CT molecular complexity index is 324. The summed E-state index contributed by atoms with van der Waals surface area (Å²) in [6, 6.07) is 7.95. The van der Waals surface area contributed by atoms with Gasteiger partial charge in [-0.25, -0.2) is 0 Å². The highest BCUT2D eigenvalue weighted by molar-refractivity contribution is 7.98. The average molecular weight is 224 g/mol. The van der Waals surface area contributed by atoms with Gasteiger partial charge in [0, 0.05) is 17.6 Å². The quantitative estimate of drug-likeness (QED) is 0.788. The number of amides is 1. The predicted molar refractivity (Wildman–Crippen MR) is 65.6 cm³/mol. The molecule has 0 radical (unpaired) electrons. The van der Waals surface area contributed by atoms with Crippen LogP contribution in [0.25, 0.3) is 0 Å². The van der Waals surface area contributed by atoms with Crippen LogP contribution in [0.4, 0.5) is 5.69 Å². The van der Waals surface area contributed by atoms with E-state index in [-0.39, 0.29) is 5.91 Å². The van der Waals surface area contributed by atoms with Crippen molar-refractivity contribution in [1.29, 1.82) is 0 Å². The van der Waals surface area contributed by atoms with Crippen molar-refractivity contribution < 1.29 is 4.79 Å². The Morgan fingerprint density at radius 2 is 2.00 bits per heavy atom. The number of anilines is 1. The van der Waals surface area contributed by atoms with E-state index in [2.05, 4.69) is 5.32 Å². The molecule has 0 saturated heterocycles. The van der Waals surface area contributed by atoms with Gasteiger partial charge in [0.05, 0.1) is 6.54 Å². The van der Waals surface area contributed by atoms with Crippen molar-refractivity contribution in [2.45, 2.75) is 4.90 Å². The Balaban J connectivity index is 2.73. The number of rotatable bonds is 4. The second-order valence-corrected chi connectivity index (χ2v) is 4.06. The second kappa shape index (κ2) is 5.78. The minimum absolute atomic E-state index is 0.0643. The molecular weight excluding hydrogens is 208 g/mol. The molecule has 15 heavy (non-hydrogen) atoms. The minimum Gasteiger partial charge on any atom is -0.314 e. The molecule has 0 heterocycles. The molecule has 0 aliphatic carbocycles. The normalized spacial score (nSPS) is 10.1. The highest BCUT2D eigenvalue weighted by atomic mass is 32.2. The van der Waals surface area contributed by atoms with Gasteiger partial charge in [0.1, 0.15) is 0 Å². The number of thioether (sulfide) groups is 1. The van der Waals surface area contributed by atoms with Gasteiger partial charge in [-0.1, -0.05) is 0 Å². The number of nitrogens with zero attached hydrogens (tertiary/aromatic N) is 1. The van der Waals surface area contributed by atoms with E-state index in [9.17, 15) is 4.79 Å². The zero-order chi connectivity index (χ0) is 11.3. The standard InChI is InChI=1S/C11H16N2OS/c1-12-8-11(14)13(2)9-4-6-10(15-3)7-5-9/h4-7,12H,8H2,1-3H3. The Morgan fingerprint density at radius 3 is 2.47 bits per heavy atom. The summed E-state index contributed by atoms with van der Waals surface area (Å²) in [7, 11) is 3.55. The molecule has 0 unspecified atom stereocenters.